The minimum absolute atomic E-state index is 0.301. The molecule has 1 aromatic carbocycles. The monoisotopic (exact) mass is 216 g/mol. The number of pyridine rings is 1. The second-order valence-corrected chi connectivity index (χ2v) is 3.22. The summed E-state index contributed by atoms with van der Waals surface area (Å²) in [4.78, 5) is 23.9. The van der Waals surface area contributed by atoms with E-state index in [1.807, 2.05) is 6.07 Å². The molecule has 0 bridgehead atoms. The van der Waals surface area contributed by atoms with E-state index in [9.17, 15) is 14.9 Å². The third kappa shape index (κ3) is 1.83. The van der Waals surface area contributed by atoms with Gasteiger partial charge in [0.2, 0.25) is 0 Å². The molecule has 0 atom stereocenters. The van der Waals surface area contributed by atoms with Gasteiger partial charge in [-0.05, 0) is 10.5 Å². The van der Waals surface area contributed by atoms with E-state index in [0.29, 0.717) is 5.56 Å². The number of H-pyrrole nitrogens is 1. The summed E-state index contributed by atoms with van der Waals surface area (Å²) in [5, 5.41) is 10.4. The van der Waals surface area contributed by atoms with Gasteiger partial charge in [-0.25, -0.2) is 4.98 Å². The molecule has 0 spiro atoms. The molecule has 0 radical (unpaired) electrons. The molecule has 16 heavy (non-hydrogen) atoms. The Bertz CT molecular complexity index is 575. The van der Waals surface area contributed by atoms with Crippen molar-refractivity contribution in [3.8, 4) is 11.1 Å². The molecule has 0 aliphatic carbocycles. The molecule has 2 aromatic rings. The van der Waals surface area contributed by atoms with Crippen LogP contribution in [0.4, 0.5) is 5.82 Å². The number of hydrogen-bond donors (Lipinski definition) is 1. The summed E-state index contributed by atoms with van der Waals surface area (Å²) in [7, 11) is 0. The Morgan fingerprint density at radius 1 is 1.19 bits per heavy atom. The number of hydrogen-bond acceptors (Lipinski definition) is 3. The largest absolute Gasteiger partial charge is 0.358 e. The van der Waals surface area contributed by atoms with E-state index in [-0.39, 0.29) is 11.2 Å². The first-order chi connectivity index (χ1) is 7.68. The van der Waals surface area contributed by atoms with Gasteiger partial charge in [-0.15, -0.1) is 0 Å². The number of nitro groups is 1. The molecular weight excluding hydrogens is 208 g/mol. The van der Waals surface area contributed by atoms with Gasteiger partial charge in [0.1, 0.15) is 0 Å². The summed E-state index contributed by atoms with van der Waals surface area (Å²) in [6.07, 6.45) is 1.36. The summed E-state index contributed by atoms with van der Waals surface area (Å²) >= 11 is 0. The average molecular weight is 216 g/mol. The Labute approximate surface area is 90.5 Å². The maximum atomic E-state index is 11.6. The molecule has 1 N–H and O–H groups in total. The minimum atomic E-state index is -0.629. The number of aromatic amines is 1. The molecular formula is C11H8N2O3. The van der Waals surface area contributed by atoms with Crippen molar-refractivity contribution >= 4 is 5.82 Å². The molecule has 0 amide bonds. The zero-order valence-electron chi connectivity index (χ0n) is 8.21. The fraction of sp³-hybridized carbons (Fsp3) is 0. The summed E-state index contributed by atoms with van der Waals surface area (Å²) < 4.78 is 0. The van der Waals surface area contributed by atoms with E-state index < -0.39 is 4.92 Å². The standard InChI is InChI=1S/C11H8N2O3/c14-10-6-11(13(15)16)12-7-9(10)8-4-2-1-3-5-8/h1-7H,(H,12,14). The number of rotatable bonds is 2. The van der Waals surface area contributed by atoms with Crippen LogP contribution in [0, 0.1) is 10.1 Å². The topological polar surface area (TPSA) is 76.0 Å². The lowest BCUT2D eigenvalue weighted by atomic mass is 10.1. The van der Waals surface area contributed by atoms with Gasteiger partial charge in [0.05, 0.1) is 17.8 Å². The van der Waals surface area contributed by atoms with E-state index in [2.05, 4.69) is 4.98 Å². The first-order valence-electron chi connectivity index (χ1n) is 4.61. The van der Waals surface area contributed by atoms with Crippen molar-refractivity contribution in [1.82, 2.24) is 4.98 Å². The van der Waals surface area contributed by atoms with E-state index >= 15 is 0 Å². The van der Waals surface area contributed by atoms with Gasteiger partial charge < -0.3 is 10.1 Å². The average Bonchev–Trinajstić information content (AvgIpc) is 2.30. The number of aromatic nitrogens is 1. The van der Waals surface area contributed by atoms with Crippen molar-refractivity contribution in [2.45, 2.75) is 0 Å². The van der Waals surface area contributed by atoms with Crippen LogP contribution in [0.15, 0.2) is 47.4 Å². The van der Waals surface area contributed by atoms with Crippen molar-refractivity contribution in [2.75, 3.05) is 0 Å². The Morgan fingerprint density at radius 3 is 2.44 bits per heavy atom. The fourth-order valence-electron chi connectivity index (χ4n) is 1.41. The normalized spacial score (nSPS) is 10.0. The highest BCUT2D eigenvalue weighted by Crippen LogP contribution is 2.15. The molecule has 0 aliphatic rings. The highest BCUT2D eigenvalue weighted by molar-refractivity contribution is 5.62. The van der Waals surface area contributed by atoms with E-state index in [1.165, 1.54) is 6.20 Å². The highest BCUT2D eigenvalue weighted by Gasteiger charge is 2.09. The van der Waals surface area contributed by atoms with Gasteiger partial charge in [0, 0.05) is 0 Å². The molecule has 1 aromatic heterocycles. The summed E-state index contributed by atoms with van der Waals surface area (Å²) in [5.41, 5.74) is 0.793. The predicted octanol–water partition coefficient (Wildman–Crippen LogP) is 1.95. The Kier molecular flexibility index (Phi) is 2.51. The molecule has 0 saturated heterocycles. The second kappa shape index (κ2) is 3.98. The van der Waals surface area contributed by atoms with Crippen molar-refractivity contribution < 1.29 is 4.92 Å². The van der Waals surface area contributed by atoms with Gasteiger partial charge in [-0.3, -0.25) is 4.79 Å². The van der Waals surface area contributed by atoms with Crippen LogP contribution < -0.4 is 5.43 Å². The Morgan fingerprint density at radius 2 is 1.88 bits per heavy atom. The molecule has 0 unspecified atom stereocenters. The number of nitrogens with zero attached hydrogens (tertiary/aromatic N) is 1. The van der Waals surface area contributed by atoms with Crippen molar-refractivity contribution in [3.05, 3.63) is 62.9 Å². The van der Waals surface area contributed by atoms with Gasteiger partial charge in [-0.1, -0.05) is 30.3 Å². The van der Waals surface area contributed by atoms with Gasteiger partial charge in [-0.2, -0.15) is 0 Å². The van der Waals surface area contributed by atoms with Crippen LogP contribution in [0.5, 0.6) is 0 Å². The predicted molar refractivity (Wildman–Crippen MR) is 59.2 cm³/mol. The highest BCUT2D eigenvalue weighted by atomic mass is 16.6. The molecule has 1 heterocycles. The quantitative estimate of drug-likeness (QED) is 0.615. The first kappa shape index (κ1) is 10.1. The molecule has 0 saturated carbocycles. The Hall–Kier alpha value is -2.43. The zero-order valence-corrected chi connectivity index (χ0v) is 8.21. The first-order valence-corrected chi connectivity index (χ1v) is 4.61. The van der Waals surface area contributed by atoms with Crippen LogP contribution in [-0.2, 0) is 0 Å². The smallest absolute Gasteiger partial charge is 0.324 e. The second-order valence-electron chi connectivity index (χ2n) is 3.22. The molecule has 0 aliphatic heterocycles. The minimum Gasteiger partial charge on any atom is -0.358 e. The maximum absolute atomic E-state index is 11.6. The van der Waals surface area contributed by atoms with Crippen molar-refractivity contribution in [2.24, 2.45) is 0 Å². The lowest BCUT2D eigenvalue weighted by Gasteiger charge is -1.98. The van der Waals surface area contributed by atoms with Gasteiger partial charge >= 0.3 is 5.82 Å². The van der Waals surface area contributed by atoms with Gasteiger partial charge in [0.25, 0.3) is 0 Å². The van der Waals surface area contributed by atoms with E-state index in [4.69, 9.17) is 0 Å². The molecule has 5 heteroatoms. The van der Waals surface area contributed by atoms with Crippen molar-refractivity contribution in [3.63, 3.8) is 0 Å². The zero-order chi connectivity index (χ0) is 11.5. The van der Waals surface area contributed by atoms with Crippen LogP contribution in [0.2, 0.25) is 0 Å². The number of nitrogens with one attached hydrogen (secondary N) is 1. The third-order valence-corrected chi connectivity index (χ3v) is 2.18. The third-order valence-electron chi connectivity index (χ3n) is 2.18. The fourth-order valence-corrected chi connectivity index (χ4v) is 1.41. The van der Waals surface area contributed by atoms with E-state index in [1.54, 1.807) is 24.3 Å². The van der Waals surface area contributed by atoms with Crippen LogP contribution in [0.1, 0.15) is 0 Å². The van der Waals surface area contributed by atoms with E-state index in [0.717, 1.165) is 11.6 Å². The SMILES string of the molecule is O=c1cc([N+](=O)[O-])[nH]cc1-c1ccccc1. The summed E-state index contributed by atoms with van der Waals surface area (Å²) in [6.45, 7) is 0. The molecule has 80 valence electrons. The Balaban J connectivity index is 2.53. The molecule has 2 rings (SSSR count). The molecule has 5 nitrogen and oxygen atoms in total. The van der Waals surface area contributed by atoms with Crippen molar-refractivity contribution in [1.29, 1.82) is 0 Å². The van der Waals surface area contributed by atoms with Crippen LogP contribution in [-0.4, -0.2) is 9.91 Å². The number of benzene rings is 1. The summed E-state index contributed by atoms with van der Waals surface area (Å²) in [5.74, 6) is -0.301. The van der Waals surface area contributed by atoms with Gasteiger partial charge in [0.15, 0.2) is 5.43 Å². The lowest BCUT2D eigenvalue weighted by molar-refractivity contribution is -0.389. The molecule has 0 fully saturated rings. The lowest BCUT2D eigenvalue weighted by Crippen LogP contribution is -2.06. The van der Waals surface area contributed by atoms with Crippen LogP contribution in [0.3, 0.4) is 0 Å². The van der Waals surface area contributed by atoms with Crippen LogP contribution >= 0.6 is 0 Å². The maximum Gasteiger partial charge on any atom is 0.324 e. The van der Waals surface area contributed by atoms with Crippen LogP contribution in [0.25, 0.3) is 11.1 Å². The summed E-state index contributed by atoms with van der Waals surface area (Å²) in [6, 6.07) is 9.98.